The van der Waals surface area contributed by atoms with Gasteiger partial charge in [-0.15, -0.1) is 0 Å². The van der Waals surface area contributed by atoms with Crippen molar-refractivity contribution in [3.8, 4) is 0 Å². The Hall–Kier alpha value is -0.280. The predicted octanol–water partition coefficient (Wildman–Crippen LogP) is 4.66. The average Bonchev–Trinajstić information content (AvgIpc) is 2.95. The summed E-state index contributed by atoms with van der Waals surface area (Å²) >= 11 is 3.48. The Morgan fingerprint density at radius 1 is 1.47 bits per heavy atom. The van der Waals surface area contributed by atoms with Gasteiger partial charge in [-0.2, -0.15) is 0 Å². The van der Waals surface area contributed by atoms with Gasteiger partial charge in [0.15, 0.2) is 4.67 Å². The first kappa shape index (κ1) is 13.2. The first-order chi connectivity index (χ1) is 8.31. The van der Waals surface area contributed by atoms with Gasteiger partial charge in [0.05, 0.1) is 6.26 Å². The summed E-state index contributed by atoms with van der Waals surface area (Å²) in [5.41, 5.74) is 1.27. The number of nitrogens with one attached hydrogen (secondary N) is 1. The van der Waals surface area contributed by atoms with Crippen LogP contribution in [0.4, 0.5) is 0 Å². The fourth-order valence-corrected chi connectivity index (χ4v) is 3.39. The lowest BCUT2D eigenvalue weighted by molar-refractivity contribution is 0.412. The van der Waals surface area contributed by atoms with Crippen molar-refractivity contribution >= 4 is 15.9 Å². The first-order valence-corrected chi connectivity index (χ1v) is 7.56. The minimum atomic E-state index is 0.439. The SMILES string of the molecule is CCNC(CCC1CCCC1)c1ccoc1Br. The lowest BCUT2D eigenvalue weighted by atomic mass is 9.96. The summed E-state index contributed by atoms with van der Waals surface area (Å²) in [6, 6.07) is 2.51. The van der Waals surface area contributed by atoms with Crippen LogP contribution in [0, 0.1) is 5.92 Å². The second-order valence-electron chi connectivity index (χ2n) is 4.99. The summed E-state index contributed by atoms with van der Waals surface area (Å²) in [7, 11) is 0. The molecule has 2 rings (SSSR count). The Bertz CT molecular complexity index is 331. The van der Waals surface area contributed by atoms with E-state index in [1.807, 2.05) is 0 Å². The Labute approximate surface area is 112 Å². The largest absolute Gasteiger partial charge is 0.457 e. The van der Waals surface area contributed by atoms with Crippen molar-refractivity contribution < 1.29 is 4.42 Å². The van der Waals surface area contributed by atoms with Crippen LogP contribution in [0.3, 0.4) is 0 Å². The van der Waals surface area contributed by atoms with Crippen molar-refractivity contribution in [1.82, 2.24) is 5.32 Å². The fraction of sp³-hybridized carbons (Fsp3) is 0.714. The van der Waals surface area contributed by atoms with Gasteiger partial charge in [-0.3, -0.25) is 0 Å². The first-order valence-electron chi connectivity index (χ1n) is 6.77. The van der Waals surface area contributed by atoms with E-state index in [4.69, 9.17) is 4.42 Å². The molecule has 1 heterocycles. The smallest absolute Gasteiger partial charge is 0.173 e. The molecule has 0 spiro atoms. The zero-order chi connectivity index (χ0) is 12.1. The van der Waals surface area contributed by atoms with Crippen molar-refractivity contribution in [3.05, 3.63) is 22.6 Å². The molecule has 0 bridgehead atoms. The molecule has 1 aromatic rings. The van der Waals surface area contributed by atoms with Gasteiger partial charge in [-0.25, -0.2) is 0 Å². The second kappa shape index (κ2) is 6.60. The zero-order valence-corrected chi connectivity index (χ0v) is 12.1. The van der Waals surface area contributed by atoms with E-state index < -0.39 is 0 Å². The molecule has 1 aromatic heterocycles. The van der Waals surface area contributed by atoms with E-state index in [2.05, 4.69) is 34.2 Å². The summed E-state index contributed by atoms with van der Waals surface area (Å²) in [6.07, 6.45) is 10.1. The van der Waals surface area contributed by atoms with Gasteiger partial charge in [0.1, 0.15) is 0 Å². The lowest BCUT2D eigenvalue weighted by Crippen LogP contribution is -2.21. The maximum atomic E-state index is 5.34. The molecule has 3 heteroatoms. The zero-order valence-electron chi connectivity index (χ0n) is 10.5. The minimum absolute atomic E-state index is 0.439. The van der Waals surface area contributed by atoms with Crippen molar-refractivity contribution in [2.24, 2.45) is 5.92 Å². The van der Waals surface area contributed by atoms with Crippen LogP contribution in [0.2, 0.25) is 0 Å². The Morgan fingerprint density at radius 2 is 2.24 bits per heavy atom. The van der Waals surface area contributed by atoms with Crippen molar-refractivity contribution in [1.29, 1.82) is 0 Å². The van der Waals surface area contributed by atoms with E-state index in [9.17, 15) is 0 Å². The molecule has 1 atom stereocenters. The summed E-state index contributed by atoms with van der Waals surface area (Å²) < 4.78 is 6.22. The highest BCUT2D eigenvalue weighted by Gasteiger charge is 2.20. The van der Waals surface area contributed by atoms with Crippen LogP contribution in [0.1, 0.15) is 57.1 Å². The second-order valence-corrected chi connectivity index (χ2v) is 5.71. The normalized spacial score (nSPS) is 18.7. The van der Waals surface area contributed by atoms with E-state index in [1.165, 1.54) is 44.1 Å². The van der Waals surface area contributed by atoms with Crippen LogP contribution in [-0.2, 0) is 0 Å². The third kappa shape index (κ3) is 3.59. The number of hydrogen-bond donors (Lipinski definition) is 1. The van der Waals surface area contributed by atoms with E-state index in [-0.39, 0.29) is 0 Å². The quantitative estimate of drug-likeness (QED) is 0.826. The third-order valence-electron chi connectivity index (χ3n) is 3.81. The van der Waals surface area contributed by atoms with Gasteiger partial charge < -0.3 is 9.73 Å². The van der Waals surface area contributed by atoms with E-state index in [0.717, 1.165) is 17.1 Å². The number of halogens is 1. The van der Waals surface area contributed by atoms with E-state index in [1.54, 1.807) is 6.26 Å². The standard InChI is InChI=1S/C14H22BrNO/c1-2-16-13(12-9-10-17-14(12)15)8-7-11-5-3-4-6-11/h9-11,13,16H,2-8H2,1H3. The molecule has 1 unspecified atom stereocenters. The number of furan rings is 1. The van der Waals surface area contributed by atoms with Crippen molar-refractivity contribution in [2.45, 2.75) is 51.5 Å². The van der Waals surface area contributed by atoms with E-state index in [0.29, 0.717) is 6.04 Å². The molecule has 17 heavy (non-hydrogen) atoms. The van der Waals surface area contributed by atoms with Gasteiger partial charge in [-0.1, -0.05) is 32.6 Å². The van der Waals surface area contributed by atoms with Gasteiger partial charge in [0.25, 0.3) is 0 Å². The van der Waals surface area contributed by atoms with Crippen LogP contribution in [0.5, 0.6) is 0 Å². The van der Waals surface area contributed by atoms with E-state index >= 15 is 0 Å². The highest BCUT2D eigenvalue weighted by molar-refractivity contribution is 9.10. The Morgan fingerprint density at radius 3 is 2.82 bits per heavy atom. The van der Waals surface area contributed by atoms with Crippen LogP contribution in [0.15, 0.2) is 21.4 Å². The monoisotopic (exact) mass is 299 g/mol. The molecule has 0 aromatic carbocycles. The molecule has 0 radical (unpaired) electrons. The van der Waals surface area contributed by atoms with Crippen molar-refractivity contribution in [3.63, 3.8) is 0 Å². The maximum absolute atomic E-state index is 5.34. The molecule has 0 aliphatic heterocycles. The molecule has 1 N–H and O–H groups in total. The Balaban J connectivity index is 1.90. The molecule has 0 amide bonds. The maximum Gasteiger partial charge on any atom is 0.173 e. The topological polar surface area (TPSA) is 25.2 Å². The molecule has 1 aliphatic rings. The molecule has 96 valence electrons. The highest BCUT2D eigenvalue weighted by atomic mass is 79.9. The molecular weight excluding hydrogens is 278 g/mol. The summed E-state index contributed by atoms with van der Waals surface area (Å²) in [4.78, 5) is 0. The highest BCUT2D eigenvalue weighted by Crippen LogP contribution is 2.33. The molecule has 1 saturated carbocycles. The summed E-state index contributed by atoms with van der Waals surface area (Å²) in [5, 5.41) is 3.56. The van der Waals surface area contributed by atoms with Crippen LogP contribution >= 0.6 is 15.9 Å². The average molecular weight is 300 g/mol. The molecule has 1 aliphatic carbocycles. The Kier molecular flexibility index (Phi) is 5.11. The van der Waals surface area contributed by atoms with Crippen molar-refractivity contribution in [2.75, 3.05) is 6.54 Å². The molecule has 0 saturated heterocycles. The number of rotatable bonds is 6. The van der Waals surface area contributed by atoms with Gasteiger partial charge in [0, 0.05) is 11.6 Å². The van der Waals surface area contributed by atoms with Crippen LogP contribution in [-0.4, -0.2) is 6.54 Å². The molecule has 2 nitrogen and oxygen atoms in total. The fourth-order valence-electron chi connectivity index (χ4n) is 2.87. The van der Waals surface area contributed by atoms with Crippen LogP contribution in [0.25, 0.3) is 0 Å². The van der Waals surface area contributed by atoms with Gasteiger partial charge >= 0.3 is 0 Å². The molecular formula is C14H22BrNO. The molecule has 1 fully saturated rings. The van der Waals surface area contributed by atoms with Gasteiger partial charge in [0.2, 0.25) is 0 Å². The lowest BCUT2D eigenvalue weighted by Gasteiger charge is -2.19. The summed E-state index contributed by atoms with van der Waals surface area (Å²) in [5.74, 6) is 0.960. The van der Waals surface area contributed by atoms with Crippen LogP contribution < -0.4 is 5.32 Å². The minimum Gasteiger partial charge on any atom is -0.457 e. The number of hydrogen-bond acceptors (Lipinski definition) is 2. The summed E-state index contributed by atoms with van der Waals surface area (Å²) in [6.45, 7) is 3.17. The third-order valence-corrected chi connectivity index (χ3v) is 4.46. The predicted molar refractivity (Wildman–Crippen MR) is 74.0 cm³/mol. The van der Waals surface area contributed by atoms with Gasteiger partial charge in [-0.05, 0) is 47.3 Å².